The molecule has 2 N–H and O–H groups in total. The predicted octanol–water partition coefficient (Wildman–Crippen LogP) is 0.950. The third-order valence-corrected chi connectivity index (χ3v) is 2.46. The quantitative estimate of drug-likeness (QED) is 0.790. The number of benzene rings is 1. The number of carbonyl (C=O) groups is 4. The zero-order valence-electron chi connectivity index (χ0n) is 11.5. The summed E-state index contributed by atoms with van der Waals surface area (Å²) in [5.41, 5.74) is 0.895. The van der Waals surface area contributed by atoms with E-state index in [1.54, 1.807) is 24.3 Å². The Hall–Kier alpha value is -2.90. The maximum absolute atomic E-state index is 11.3. The Morgan fingerprint density at radius 3 is 1.41 bits per heavy atom. The molecule has 2 bridgehead atoms. The Morgan fingerprint density at radius 1 is 0.818 bits per heavy atom. The largest absolute Gasteiger partial charge is 0.481 e. The first-order chi connectivity index (χ1) is 10.4. The van der Waals surface area contributed by atoms with Crippen LogP contribution in [0.15, 0.2) is 24.3 Å². The third kappa shape index (κ3) is 6.04. The summed E-state index contributed by atoms with van der Waals surface area (Å²) in [5.74, 6) is -2.94. The van der Waals surface area contributed by atoms with Gasteiger partial charge in [0.2, 0.25) is 0 Å². The van der Waals surface area contributed by atoms with Gasteiger partial charge in [-0.2, -0.15) is 0 Å². The summed E-state index contributed by atoms with van der Waals surface area (Å²) in [7, 11) is 0. The van der Waals surface area contributed by atoms with E-state index < -0.39 is 23.9 Å². The molecule has 8 nitrogen and oxygen atoms in total. The van der Waals surface area contributed by atoms with Crippen LogP contribution in [0.1, 0.15) is 33.6 Å². The Bertz CT molecular complexity index is 510. The molecule has 0 amide bonds. The lowest BCUT2D eigenvalue weighted by Gasteiger charge is -2.09. The van der Waals surface area contributed by atoms with Gasteiger partial charge >= 0.3 is 23.9 Å². The minimum atomic E-state index is -1.08. The summed E-state index contributed by atoms with van der Waals surface area (Å²) in [4.78, 5) is 41.8. The van der Waals surface area contributed by atoms with Crippen LogP contribution in [-0.2, 0) is 19.1 Å². The van der Waals surface area contributed by atoms with E-state index >= 15 is 0 Å². The average Bonchev–Trinajstić information content (AvgIpc) is 2.49. The Morgan fingerprint density at radius 2 is 1.14 bits per heavy atom. The minimum Gasteiger partial charge on any atom is -0.481 e. The monoisotopic (exact) mass is 310 g/mol. The van der Waals surface area contributed by atoms with Crippen LogP contribution in [0.25, 0.3) is 0 Å². The highest BCUT2D eigenvalue weighted by Crippen LogP contribution is 2.09. The molecule has 0 saturated carbocycles. The van der Waals surface area contributed by atoms with Crippen molar-refractivity contribution in [3.63, 3.8) is 0 Å². The van der Waals surface area contributed by atoms with Gasteiger partial charge in [-0.25, -0.2) is 9.59 Å². The lowest BCUT2D eigenvalue weighted by atomic mass is 10.1. The summed E-state index contributed by atoms with van der Waals surface area (Å²) in [6, 6.07) is 6.18. The van der Waals surface area contributed by atoms with Gasteiger partial charge < -0.3 is 19.7 Å². The molecule has 1 aromatic rings. The van der Waals surface area contributed by atoms with Gasteiger partial charge in [-0.1, -0.05) is 0 Å². The normalized spacial score (nSPS) is 13.3. The molecule has 0 spiro atoms. The lowest BCUT2D eigenvalue weighted by molar-refractivity contribution is -0.143. The Labute approximate surface area is 125 Å². The average molecular weight is 310 g/mol. The van der Waals surface area contributed by atoms with Crippen molar-refractivity contribution in [1.82, 2.24) is 0 Å². The van der Waals surface area contributed by atoms with Crippen molar-refractivity contribution in [1.29, 1.82) is 0 Å². The maximum Gasteiger partial charge on any atom is 0.338 e. The highest BCUT2D eigenvalue weighted by molar-refractivity contribution is 5.93. The highest BCUT2D eigenvalue weighted by atomic mass is 16.6. The van der Waals surface area contributed by atoms with Crippen molar-refractivity contribution in [3.05, 3.63) is 35.4 Å². The van der Waals surface area contributed by atoms with Crippen LogP contribution in [0.2, 0.25) is 0 Å². The van der Waals surface area contributed by atoms with Gasteiger partial charge in [0.05, 0.1) is 24.0 Å². The molecule has 22 heavy (non-hydrogen) atoms. The first-order valence-corrected chi connectivity index (χ1v) is 6.28. The molecule has 0 unspecified atom stereocenters. The Kier molecular flexibility index (Phi) is 6.55. The molecular formula is C14H14O8. The van der Waals surface area contributed by atoms with E-state index in [0.717, 1.165) is 0 Å². The molecule has 0 fully saturated rings. The SMILES string of the molecule is O=C(O)CCC(=O)O.O=C1OCCOC(=O)c2ccc1cc2. The molecule has 0 saturated heterocycles. The van der Waals surface area contributed by atoms with Crippen molar-refractivity contribution in [3.8, 4) is 0 Å². The molecule has 0 atom stereocenters. The second-order valence-electron chi connectivity index (χ2n) is 4.14. The van der Waals surface area contributed by atoms with Gasteiger partial charge in [0.15, 0.2) is 0 Å². The number of hydrogen-bond acceptors (Lipinski definition) is 6. The van der Waals surface area contributed by atoms with E-state index in [2.05, 4.69) is 0 Å². The molecule has 118 valence electrons. The second-order valence-corrected chi connectivity index (χ2v) is 4.14. The fourth-order valence-electron chi connectivity index (χ4n) is 1.39. The molecular weight excluding hydrogens is 296 g/mol. The van der Waals surface area contributed by atoms with E-state index in [4.69, 9.17) is 19.7 Å². The van der Waals surface area contributed by atoms with Gasteiger partial charge in [0.1, 0.15) is 13.2 Å². The molecule has 3 rings (SSSR count). The van der Waals surface area contributed by atoms with Gasteiger partial charge in [0, 0.05) is 0 Å². The molecule has 0 radical (unpaired) electrons. The van der Waals surface area contributed by atoms with Crippen molar-refractivity contribution in [2.75, 3.05) is 13.2 Å². The first-order valence-electron chi connectivity index (χ1n) is 6.28. The summed E-state index contributed by atoms with van der Waals surface area (Å²) in [5, 5.41) is 15.8. The molecule has 1 aromatic carbocycles. The number of ether oxygens (including phenoxy) is 2. The maximum atomic E-state index is 11.3. The van der Waals surface area contributed by atoms with Crippen LogP contribution in [0.4, 0.5) is 0 Å². The van der Waals surface area contributed by atoms with Gasteiger partial charge in [-0.15, -0.1) is 0 Å². The topological polar surface area (TPSA) is 127 Å². The standard InChI is InChI=1S/C10H8O4.C4H6O4/c11-9-7-1-2-8(4-3-7)10(12)14-6-5-13-9;5-3(6)1-2-4(7)8/h1-4H,5-6H2;1-2H2,(H,5,6)(H,7,8). The first kappa shape index (κ1) is 17.2. The van der Waals surface area contributed by atoms with Crippen LogP contribution in [0.5, 0.6) is 0 Å². The van der Waals surface area contributed by atoms with Gasteiger partial charge in [-0.05, 0) is 24.3 Å². The fourth-order valence-corrected chi connectivity index (χ4v) is 1.39. The van der Waals surface area contributed by atoms with Crippen LogP contribution in [0.3, 0.4) is 0 Å². The number of carbonyl (C=O) groups excluding carboxylic acids is 2. The van der Waals surface area contributed by atoms with Crippen LogP contribution in [0, 0.1) is 0 Å². The van der Waals surface area contributed by atoms with E-state index in [9.17, 15) is 19.2 Å². The smallest absolute Gasteiger partial charge is 0.338 e. The van der Waals surface area contributed by atoms with E-state index in [1.165, 1.54) is 0 Å². The van der Waals surface area contributed by atoms with Crippen molar-refractivity contribution >= 4 is 23.9 Å². The number of carboxylic acids is 2. The van der Waals surface area contributed by atoms with Crippen LogP contribution in [-0.4, -0.2) is 47.3 Å². The number of carboxylic acid groups (broad SMARTS) is 2. The summed E-state index contributed by atoms with van der Waals surface area (Å²) in [6.07, 6.45) is -0.593. The van der Waals surface area contributed by atoms with Crippen LogP contribution < -0.4 is 0 Å². The van der Waals surface area contributed by atoms with Crippen LogP contribution >= 0.6 is 0 Å². The second kappa shape index (κ2) is 8.40. The van der Waals surface area contributed by atoms with Crippen molar-refractivity contribution < 1.29 is 38.9 Å². The van der Waals surface area contributed by atoms with E-state index in [1.807, 2.05) is 0 Å². The molecule has 2 aliphatic rings. The van der Waals surface area contributed by atoms with E-state index in [-0.39, 0.29) is 26.1 Å². The van der Waals surface area contributed by atoms with Gasteiger partial charge in [-0.3, -0.25) is 9.59 Å². The molecule has 0 aliphatic carbocycles. The summed E-state index contributed by atoms with van der Waals surface area (Å²) < 4.78 is 9.66. The van der Waals surface area contributed by atoms with Crippen molar-refractivity contribution in [2.24, 2.45) is 0 Å². The molecule has 2 aliphatic heterocycles. The molecule has 8 heteroatoms. The minimum absolute atomic E-state index is 0.100. The zero-order valence-corrected chi connectivity index (χ0v) is 11.5. The zero-order chi connectivity index (χ0) is 16.5. The van der Waals surface area contributed by atoms with Crippen molar-refractivity contribution in [2.45, 2.75) is 12.8 Å². The number of hydrogen-bond donors (Lipinski definition) is 2. The highest BCUT2D eigenvalue weighted by Gasteiger charge is 2.13. The number of rotatable bonds is 3. The number of esters is 2. The van der Waals surface area contributed by atoms with Gasteiger partial charge in [0.25, 0.3) is 0 Å². The summed E-state index contributed by atoms with van der Waals surface area (Å²) >= 11 is 0. The molecule has 2 heterocycles. The predicted molar refractivity (Wildman–Crippen MR) is 71.5 cm³/mol. The lowest BCUT2D eigenvalue weighted by Crippen LogP contribution is -2.16. The fraction of sp³-hybridized carbons (Fsp3) is 0.286. The van der Waals surface area contributed by atoms with E-state index in [0.29, 0.717) is 11.1 Å². The number of aliphatic carboxylic acids is 2. The third-order valence-electron chi connectivity index (χ3n) is 2.46. The number of fused-ring (bicyclic) bond motifs is 7. The molecule has 0 aromatic heterocycles. The Balaban J connectivity index is 0.000000261. The summed E-state index contributed by atoms with van der Waals surface area (Å²) in [6.45, 7) is 0.200.